The van der Waals surface area contributed by atoms with Crippen LogP contribution in [0.15, 0.2) is 22.9 Å². The summed E-state index contributed by atoms with van der Waals surface area (Å²) in [4.78, 5) is 46.8. The van der Waals surface area contributed by atoms with E-state index in [1.165, 1.54) is 24.3 Å². The van der Waals surface area contributed by atoms with E-state index in [4.69, 9.17) is 18.1 Å². The zero-order valence-electron chi connectivity index (χ0n) is 23.8. The molecule has 0 aliphatic carbocycles. The van der Waals surface area contributed by atoms with Crippen molar-refractivity contribution in [2.75, 3.05) is 37.9 Å². The number of hydrogen-bond donors (Lipinski definition) is 3. The van der Waals surface area contributed by atoms with Gasteiger partial charge >= 0.3 is 6.09 Å². The van der Waals surface area contributed by atoms with Crippen molar-refractivity contribution < 1.29 is 32.5 Å². The lowest BCUT2D eigenvalue weighted by atomic mass is 10.1. The maximum atomic E-state index is 12.7. The molecule has 15 heteroatoms. The van der Waals surface area contributed by atoms with Crippen LogP contribution in [0.1, 0.15) is 40.8 Å². The molecule has 0 unspecified atom stereocenters. The molecule has 38 heavy (non-hydrogen) atoms. The van der Waals surface area contributed by atoms with Gasteiger partial charge in [0.15, 0.2) is 23.1 Å². The van der Waals surface area contributed by atoms with E-state index >= 15 is 0 Å². The summed E-state index contributed by atoms with van der Waals surface area (Å²) in [5.74, 6) is -0.760. The summed E-state index contributed by atoms with van der Waals surface area (Å²) < 4.78 is 37.9. The molecule has 1 saturated heterocycles. The summed E-state index contributed by atoms with van der Waals surface area (Å²) in [6.45, 7) is 1.67. The van der Waals surface area contributed by atoms with Crippen molar-refractivity contribution in [3.8, 4) is 17.1 Å². The largest absolute Gasteiger partial charge is 0.492 e. The molecular weight excluding hydrogens is 498 g/mol. The highest BCUT2D eigenvalue weighted by molar-refractivity contribution is 5.99. The van der Waals surface area contributed by atoms with Crippen LogP contribution in [0.25, 0.3) is 11.4 Å². The van der Waals surface area contributed by atoms with Crippen molar-refractivity contribution >= 4 is 35.2 Å². The summed E-state index contributed by atoms with van der Waals surface area (Å²) in [7, 11) is 1.37. The second kappa shape index (κ2) is 11.5. The smallest absolute Gasteiger partial charge is 0.410 e. The van der Waals surface area contributed by atoms with Crippen LogP contribution in [0.2, 0.25) is 0 Å². The molecule has 1 aliphatic rings. The van der Waals surface area contributed by atoms with Crippen LogP contribution in [0.4, 0.5) is 22.1 Å². The molecule has 0 atom stereocenters. The van der Waals surface area contributed by atoms with Crippen molar-refractivity contribution in [1.82, 2.24) is 35.5 Å². The Bertz CT molecular complexity index is 1450. The Morgan fingerprint density at radius 2 is 2.16 bits per heavy atom. The van der Waals surface area contributed by atoms with E-state index in [-0.39, 0.29) is 71.9 Å². The number of cyclic esters (lactones) is 1. The topological polar surface area (TPSA) is 187 Å². The number of pyridine rings is 1. The van der Waals surface area contributed by atoms with E-state index in [9.17, 15) is 14.4 Å². The zero-order valence-corrected chi connectivity index (χ0v) is 20.8. The first kappa shape index (κ1) is 22.4. The predicted octanol–water partition coefficient (Wildman–Crippen LogP) is 1.97. The summed E-state index contributed by atoms with van der Waals surface area (Å²) in [5, 5.41) is 19.0. The van der Waals surface area contributed by atoms with Gasteiger partial charge in [0.25, 0.3) is 5.91 Å². The monoisotopic (exact) mass is 528 g/mol. The number of amides is 3. The minimum atomic E-state index is -2.79. The highest BCUT2D eigenvalue weighted by Crippen LogP contribution is 2.35. The van der Waals surface area contributed by atoms with Crippen molar-refractivity contribution in [2.45, 2.75) is 26.8 Å². The molecule has 3 N–H and O–H groups in total. The van der Waals surface area contributed by atoms with Gasteiger partial charge in [-0.15, -0.1) is 10.2 Å². The van der Waals surface area contributed by atoms with Gasteiger partial charge in [0.2, 0.25) is 17.6 Å². The van der Waals surface area contributed by atoms with Gasteiger partial charge in [0, 0.05) is 29.8 Å². The van der Waals surface area contributed by atoms with E-state index in [0.717, 1.165) is 0 Å². The number of hydrogen-bond acceptors (Lipinski definition) is 12. The van der Waals surface area contributed by atoms with E-state index in [0.29, 0.717) is 12.1 Å². The Hall–Kier alpha value is -4.82. The third-order valence-electron chi connectivity index (χ3n) is 5.23. The molecule has 1 aliphatic heterocycles. The normalized spacial score (nSPS) is 14.4. The van der Waals surface area contributed by atoms with Crippen LogP contribution in [0, 0.1) is 5.92 Å². The molecule has 0 radical (unpaired) electrons. The van der Waals surface area contributed by atoms with E-state index in [1.54, 1.807) is 6.07 Å². The molecule has 0 spiro atoms. The lowest BCUT2D eigenvalue weighted by molar-refractivity contribution is -0.116. The first-order valence-corrected chi connectivity index (χ1v) is 11.5. The SMILES string of the molecule is [2H]C([2H])([2H])NC(=O)c1nnc(NC(=O)CC(C)C)cc1Nc1nccc(-c2noc(CN3CCOC3=O)n2)c1OC. The molecule has 200 valence electrons. The molecule has 1 fully saturated rings. The number of carbonyl (C=O) groups excluding carboxylic acids is 3. The average Bonchev–Trinajstić information content (AvgIpc) is 3.51. The van der Waals surface area contributed by atoms with Gasteiger partial charge in [-0.25, -0.2) is 9.78 Å². The summed E-state index contributed by atoms with van der Waals surface area (Å²) in [6.07, 6.45) is 1.15. The molecule has 3 amide bonds. The molecule has 3 aromatic heterocycles. The van der Waals surface area contributed by atoms with Crippen molar-refractivity contribution in [1.29, 1.82) is 0 Å². The number of ether oxygens (including phenoxy) is 2. The number of nitrogens with zero attached hydrogens (tertiary/aromatic N) is 6. The van der Waals surface area contributed by atoms with Crippen LogP contribution in [-0.2, 0) is 16.1 Å². The standard InChI is InChI=1S/C23H27N9O6/c1-12(2)9-16(33)27-15-10-14(18(30-29-15)22(34)24-3)26-21-19(36-4)13(5-6-25-21)20-28-17(38-31-20)11-32-7-8-37-23(32)35/h5-6,10,12H,7-9,11H2,1-4H3,(H,24,34)(H2,25,26,27,29,33)/i3D3. The fourth-order valence-corrected chi connectivity index (χ4v) is 3.55. The Morgan fingerprint density at radius 3 is 2.87 bits per heavy atom. The summed E-state index contributed by atoms with van der Waals surface area (Å²) >= 11 is 0. The van der Waals surface area contributed by atoms with Gasteiger partial charge in [-0.1, -0.05) is 19.0 Å². The molecule has 4 heterocycles. The van der Waals surface area contributed by atoms with E-state index < -0.39 is 19.0 Å². The van der Waals surface area contributed by atoms with Crippen LogP contribution >= 0.6 is 0 Å². The fourth-order valence-electron chi connectivity index (χ4n) is 3.55. The molecule has 15 nitrogen and oxygen atoms in total. The molecular formula is C23H27N9O6. The number of methoxy groups -OCH3 is 1. The quantitative estimate of drug-likeness (QED) is 0.348. The highest BCUT2D eigenvalue weighted by atomic mass is 16.6. The Kier molecular flexibility index (Phi) is 6.77. The maximum Gasteiger partial charge on any atom is 0.410 e. The third kappa shape index (κ3) is 5.93. The number of aromatic nitrogens is 5. The minimum Gasteiger partial charge on any atom is -0.492 e. The first-order chi connectivity index (χ1) is 19.4. The highest BCUT2D eigenvalue weighted by Gasteiger charge is 2.26. The fraction of sp³-hybridized carbons (Fsp3) is 0.391. The van der Waals surface area contributed by atoms with Gasteiger partial charge in [-0.3, -0.25) is 14.5 Å². The van der Waals surface area contributed by atoms with Crippen molar-refractivity contribution in [3.05, 3.63) is 29.9 Å². The second-order valence-electron chi connectivity index (χ2n) is 8.51. The minimum absolute atomic E-state index is 0.0157. The van der Waals surface area contributed by atoms with Crippen LogP contribution in [0.3, 0.4) is 0 Å². The first-order valence-electron chi connectivity index (χ1n) is 13.0. The van der Waals surface area contributed by atoms with E-state index in [1.807, 2.05) is 19.2 Å². The lowest BCUT2D eigenvalue weighted by Gasteiger charge is -2.15. The Labute approximate surface area is 221 Å². The molecule has 4 rings (SSSR count). The number of carbonyl (C=O) groups is 3. The van der Waals surface area contributed by atoms with Crippen LogP contribution in [0.5, 0.6) is 5.75 Å². The summed E-state index contributed by atoms with van der Waals surface area (Å²) in [6, 6.07) is 2.88. The summed E-state index contributed by atoms with van der Waals surface area (Å²) in [5.41, 5.74) is -0.0487. The average molecular weight is 529 g/mol. The number of anilines is 3. The predicted molar refractivity (Wildman–Crippen MR) is 133 cm³/mol. The lowest BCUT2D eigenvalue weighted by Crippen LogP contribution is -2.23. The van der Waals surface area contributed by atoms with Crippen molar-refractivity contribution in [2.24, 2.45) is 5.92 Å². The van der Waals surface area contributed by atoms with Gasteiger partial charge in [-0.2, -0.15) is 4.98 Å². The second-order valence-corrected chi connectivity index (χ2v) is 8.51. The zero-order chi connectivity index (χ0) is 29.7. The van der Waals surface area contributed by atoms with Gasteiger partial charge in [0.05, 0.1) is 24.9 Å². The van der Waals surface area contributed by atoms with Gasteiger partial charge in [-0.05, 0) is 12.0 Å². The molecule has 0 bridgehead atoms. The number of nitrogens with one attached hydrogen (secondary N) is 3. The molecule has 0 saturated carbocycles. The number of rotatable bonds is 10. The Morgan fingerprint density at radius 1 is 1.32 bits per heavy atom. The van der Waals surface area contributed by atoms with Crippen LogP contribution < -0.4 is 20.7 Å². The molecule has 0 aromatic carbocycles. The molecule has 3 aromatic rings. The van der Waals surface area contributed by atoms with Gasteiger partial charge in [0.1, 0.15) is 13.2 Å². The third-order valence-corrected chi connectivity index (χ3v) is 5.23. The van der Waals surface area contributed by atoms with Crippen molar-refractivity contribution in [3.63, 3.8) is 0 Å². The van der Waals surface area contributed by atoms with Crippen LogP contribution in [-0.4, -0.2) is 75.4 Å². The Balaban J connectivity index is 1.66. The van der Waals surface area contributed by atoms with Gasteiger partial charge < -0.3 is 29.9 Å². The van der Waals surface area contributed by atoms with E-state index in [2.05, 4.69) is 36.0 Å². The maximum absolute atomic E-state index is 12.7.